The predicted molar refractivity (Wildman–Crippen MR) is 94.3 cm³/mol. The van der Waals surface area contributed by atoms with Crippen LogP contribution in [0.3, 0.4) is 0 Å². The van der Waals surface area contributed by atoms with Gasteiger partial charge in [0.25, 0.3) is 5.91 Å². The molecule has 4 heterocycles. The maximum atomic E-state index is 13.2. The highest BCUT2D eigenvalue weighted by molar-refractivity contribution is 6.04. The molecule has 2 atom stereocenters. The molecule has 2 bridgehead atoms. The number of hydrogen-bond donors (Lipinski definition) is 1. The number of aromatic amines is 1. The Morgan fingerprint density at radius 2 is 1.96 bits per heavy atom. The van der Waals surface area contributed by atoms with Gasteiger partial charge in [0, 0.05) is 45.2 Å². The minimum absolute atomic E-state index is 0.0245. The number of piperidine rings is 1. The molecule has 5 rings (SSSR count). The largest absolute Gasteiger partial charge is 0.332 e. The number of fused-ring (bicyclic) bond motifs is 5. The summed E-state index contributed by atoms with van der Waals surface area (Å²) in [6.07, 6.45) is 2.00. The van der Waals surface area contributed by atoms with Crippen molar-refractivity contribution < 1.29 is 9.59 Å². The average Bonchev–Trinajstić information content (AvgIpc) is 2.82. The first kappa shape index (κ1) is 15.9. The van der Waals surface area contributed by atoms with Crippen molar-refractivity contribution in [3.63, 3.8) is 0 Å². The fraction of sp³-hybridized carbons (Fsp3) is 0.500. The smallest absolute Gasteiger partial charge is 0.319 e. The molecule has 0 aliphatic carbocycles. The number of aromatic nitrogens is 2. The molecule has 7 heteroatoms. The van der Waals surface area contributed by atoms with E-state index in [1.807, 2.05) is 34.1 Å². The van der Waals surface area contributed by atoms with E-state index >= 15 is 0 Å². The van der Waals surface area contributed by atoms with Crippen molar-refractivity contribution in [3.8, 4) is 0 Å². The zero-order valence-electron chi connectivity index (χ0n) is 14.6. The molecule has 7 nitrogen and oxygen atoms in total. The molecule has 3 fully saturated rings. The lowest BCUT2D eigenvalue weighted by Crippen LogP contribution is -2.48. The van der Waals surface area contributed by atoms with E-state index in [1.165, 1.54) is 0 Å². The van der Waals surface area contributed by atoms with Crippen LogP contribution in [-0.4, -0.2) is 76.6 Å². The molecule has 3 aliphatic heterocycles. The second kappa shape index (κ2) is 6.06. The number of rotatable bonds is 1. The zero-order chi connectivity index (χ0) is 17.6. The van der Waals surface area contributed by atoms with Crippen LogP contribution in [0.1, 0.15) is 23.3 Å². The Bertz CT molecular complexity index is 815. The molecule has 1 aromatic carbocycles. The van der Waals surface area contributed by atoms with Crippen LogP contribution in [0, 0.1) is 5.92 Å². The van der Waals surface area contributed by atoms with Gasteiger partial charge in [-0.1, -0.05) is 18.2 Å². The lowest BCUT2D eigenvalue weighted by molar-refractivity contribution is 0.0581. The number of carbonyl (C=O) groups excluding carboxylic acids is 2. The van der Waals surface area contributed by atoms with Gasteiger partial charge in [0.2, 0.25) is 0 Å². The highest BCUT2D eigenvalue weighted by Crippen LogP contribution is 2.30. The van der Waals surface area contributed by atoms with Crippen LogP contribution in [0.15, 0.2) is 24.3 Å². The van der Waals surface area contributed by atoms with Gasteiger partial charge in [-0.3, -0.25) is 9.89 Å². The topological polar surface area (TPSA) is 72.5 Å². The molecule has 0 saturated carbocycles. The summed E-state index contributed by atoms with van der Waals surface area (Å²) in [5.74, 6) is 0.295. The van der Waals surface area contributed by atoms with Gasteiger partial charge in [0.05, 0.1) is 5.52 Å². The summed E-state index contributed by atoms with van der Waals surface area (Å²) in [5, 5.41) is 8.06. The van der Waals surface area contributed by atoms with E-state index < -0.39 is 0 Å². The van der Waals surface area contributed by atoms with E-state index in [4.69, 9.17) is 0 Å². The number of H-pyrrole nitrogens is 1. The number of benzene rings is 1. The van der Waals surface area contributed by atoms with Crippen molar-refractivity contribution >= 4 is 22.8 Å². The Balaban J connectivity index is 1.61. The van der Waals surface area contributed by atoms with E-state index in [2.05, 4.69) is 10.2 Å². The van der Waals surface area contributed by atoms with Crippen LogP contribution in [0.5, 0.6) is 0 Å². The third-order valence-electron chi connectivity index (χ3n) is 5.30. The van der Waals surface area contributed by atoms with Crippen molar-refractivity contribution in [2.24, 2.45) is 5.92 Å². The van der Waals surface area contributed by atoms with Gasteiger partial charge in [0.1, 0.15) is 0 Å². The fourth-order valence-electron chi connectivity index (χ4n) is 4.03. The standard InChI is InChI=1S/C18H23N5O2/c1-21(2)18(25)22-9-12-7-8-13(11-22)23(10-12)17(24)16-14-5-3-4-6-15(14)19-20-16/h3-6,12-13H,7-11H2,1-2H3,(H,19,20)/t12-,13+/m1/s1. The number of hydrogen-bond acceptors (Lipinski definition) is 3. The molecule has 0 unspecified atom stereocenters. The predicted octanol–water partition coefficient (Wildman–Crippen LogP) is 1.78. The monoisotopic (exact) mass is 341 g/mol. The van der Waals surface area contributed by atoms with Gasteiger partial charge < -0.3 is 14.7 Å². The summed E-state index contributed by atoms with van der Waals surface area (Å²) >= 11 is 0. The van der Waals surface area contributed by atoms with Gasteiger partial charge >= 0.3 is 6.03 Å². The first-order chi connectivity index (χ1) is 12.0. The maximum Gasteiger partial charge on any atom is 0.319 e. The highest BCUT2D eigenvalue weighted by Gasteiger charge is 2.40. The Kier molecular flexibility index (Phi) is 3.86. The van der Waals surface area contributed by atoms with E-state index in [9.17, 15) is 9.59 Å². The van der Waals surface area contributed by atoms with E-state index in [1.54, 1.807) is 19.0 Å². The van der Waals surface area contributed by atoms with Crippen molar-refractivity contribution in [2.75, 3.05) is 33.7 Å². The van der Waals surface area contributed by atoms with Gasteiger partial charge in [0.15, 0.2) is 5.69 Å². The van der Waals surface area contributed by atoms with Crippen molar-refractivity contribution in [2.45, 2.75) is 18.9 Å². The normalized spacial score (nSPS) is 23.0. The fourth-order valence-corrected chi connectivity index (χ4v) is 4.03. The molecular formula is C18H23N5O2. The average molecular weight is 341 g/mol. The molecule has 2 aromatic rings. The lowest BCUT2D eigenvalue weighted by atomic mass is 9.94. The number of nitrogens with zero attached hydrogens (tertiary/aromatic N) is 4. The minimum Gasteiger partial charge on any atom is -0.332 e. The van der Waals surface area contributed by atoms with Gasteiger partial charge in [-0.15, -0.1) is 0 Å². The number of urea groups is 1. The molecule has 1 N–H and O–H groups in total. The Morgan fingerprint density at radius 3 is 2.76 bits per heavy atom. The summed E-state index contributed by atoms with van der Waals surface area (Å²) in [6, 6.07) is 7.77. The Labute approximate surface area is 146 Å². The van der Waals surface area contributed by atoms with Crippen LogP contribution in [-0.2, 0) is 0 Å². The van der Waals surface area contributed by atoms with Gasteiger partial charge in [-0.05, 0) is 24.8 Å². The first-order valence-corrected chi connectivity index (χ1v) is 8.75. The second-order valence-corrected chi connectivity index (χ2v) is 7.25. The minimum atomic E-state index is -0.0358. The number of carbonyl (C=O) groups is 2. The summed E-state index contributed by atoms with van der Waals surface area (Å²) in [4.78, 5) is 31.0. The van der Waals surface area contributed by atoms with Crippen LogP contribution in [0.25, 0.3) is 10.9 Å². The molecule has 0 spiro atoms. The van der Waals surface area contributed by atoms with Crippen molar-refractivity contribution in [1.82, 2.24) is 24.9 Å². The van der Waals surface area contributed by atoms with Crippen LogP contribution in [0.4, 0.5) is 4.79 Å². The van der Waals surface area contributed by atoms with Crippen LogP contribution >= 0.6 is 0 Å². The number of amides is 3. The summed E-state index contributed by atoms with van der Waals surface area (Å²) in [5.41, 5.74) is 1.35. The quantitative estimate of drug-likeness (QED) is 0.859. The van der Waals surface area contributed by atoms with Crippen molar-refractivity contribution in [1.29, 1.82) is 0 Å². The summed E-state index contributed by atoms with van der Waals surface area (Å²) < 4.78 is 0. The summed E-state index contributed by atoms with van der Waals surface area (Å²) in [7, 11) is 3.54. The lowest BCUT2D eigenvalue weighted by Gasteiger charge is -2.35. The summed E-state index contributed by atoms with van der Waals surface area (Å²) in [6.45, 7) is 2.02. The SMILES string of the molecule is CN(C)C(=O)N1C[C@H]2CC[C@@H](C1)N(C(=O)c1n[nH]c3ccccc13)C2. The van der Waals surface area contributed by atoms with E-state index in [0.29, 0.717) is 24.7 Å². The second-order valence-electron chi connectivity index (χ2n) is 7.25. The zero-order valence-corrected chi connectivity index (χ0v) is 14.6. The third kappa shape index (κ3) is 2.73. The highest BCUT2D eigenvalue weighted by atomic mass is 16.2. The molecule has 3 saturated heterocycles. The maximum absolute atomic E-state index is 13.2. The Hall–Kier alpha value is -2.57. The molecule has 1 aromatic heterocycles. The third-order valence-corrected chi connectivity index (χ3v) is 5.30. The number of para-hydroxylation sites is 1. The van der Waals surface area contributed by atoms with Gasteiger partial charge in [-0.2, -0.15) is 5.10 Å². The molecule has 132 valence electrons. The van der Waals surface area contributed by atoms with Crippen molar-refractivity contribution in [3.05, 3.63) is 30.0 Å². The Morgan fingerprint density at radius 1 is 1.16 bits per heavy atom. The number of nitrogens with one attached hydrogen (secondary N) is 1. The molecule has 0 radical (unpaired) electrons. The molecule has 3 amide bonds. The molecule has 3 aliphatic rings. The first-order valence-electron chi connectivity index (χ1n) is 8.75. The van der Waals surface area contributed by atoms with Crippen LogP contribution in [0.2, 0.25) is 0 Å². The molecule has 25 heavy (non-hydrogen) atoms. The van der Waals surface area contributed by atoms with E-state index in [-0.39, 0.29) is 18.0 Å². The van der Waals surface area contributed by atoms with Gasteiger partial charge in [-0.25, -0.2) is 4.79 Å². The molecular weight excluding hydrogens is 318 g/mol. The van der Waals surface area contributed by atoms with Crippen LogP contribution < -0.4 is 0 Å². The van der Waals surface area contributed by atoms with E-state index in [0.717, 1.165) is 30.3 Å².